The molecule has 0 aliphatic carbocycles. The third kappa shape index (κ3) is 6.32. The van der Waals surface area contributed by atoms with E-state index in [-0.39, 0.29) is 20.1 Å². The fourth-order valence-electron chi connectivity index (χ4n) is 5.98. The summed E-state index contributed by atoms with van der Waals surface area (Å²) in [7, 11) is 0. The Bertz CT molecular complexity index is 1870. The van der Waals surface area contributed by atoms with Crippen molar-refractivity contribution in [2.24, 2.45) is 0 Å². The molecule has 1 aromatic heterocycles. The summed E-state index contributed by atoms with van der Waals surface area (Å²) in [5, 5.41) is 0. The summed E-state index contributed by atoms with van der Waals surface area (Å²) >= 11 is 0. The van der Waals surface area contributed by atoms with Crippen LogP contribution in [0.25, 0.3) is 44.6 Å². The topological polar surface area (TPSA) is 12.9 Å². The van der Waals surface area contributed by atoms with Crippen molar-refractivity contribution in [3.05, 3.63) is 160 Å². The van der Waals surface area contributed by atoms with E-state index < -0.39 is 0 Å². The van der Waals surface area contributed by atoms with Gasteiger partial charge in [0, 0.05) is 26.3 Å². The Labute approximate surface area is 270 Å². The summed E-state index contributed by atoms with van der Waals surface area (Å²) in [6.45, 7) is 11.3. The van der Waals surface area contributed by atoms with Crippen LogP contribution in [0.5, 0.6) is 0 Å². The van der Waals surface area contributed by atoms with Gasteiger partial charge in [-0.15, -0.1) is 35.4 Å². The van der Waals surface area contributed by atoms with Crippen LogP contribution in [-0.4, -0.2) is 4.98 Å². The first kappa shape index (κ1) is 30.4. The smallest absolute Gasteiger partial charge is 0.0160 e. The first-order valence-corrected chi connectivity index (χ1v) is 14.7. The molecule has 43 heavy (non-hydrogen) atoms. The van der Waals surface area contributed by atoms with E-state index >= 15 is 0 Å². The van der Waals surface area contributed by atoms with Crippen LogP contribution in [0.4, 0.5) is 0 Å². The molecule has 1 radical (unpaired) electrons. The number of rotatable bonds is 6. The molecule has 0 aliphatic heterocycles. The van der Waals surface area contributed by atoms with E-state index in [0.29, 0.717) is 0 Å². The Balaban J connectivity index is 0.00000368. The molecule has 0 fully saturated rings. The molecular formula is C41H36IrN-. The fraction of sp³-hybridized carbons (Fsp3) is 0.146. The average Bonchev–Trinajstić information content (AvgIpc) is 3.05. The van der Waals surface area contributed by atoms with E-state index in [9.17, 15) is 0 Å². The van der Waals surface area contributed by atoms with Gasteiger partial charge in [0.1, 0.15) is 0 Å². The van der Waals surface area contributed by atoms with Crippen LogP contribution in [0.2, 0.25) is 0 Å². The van der Waals surface area contributed by atoms with Gasteiger partial charge in [0.05, 0.1) is 0 Å². The van der Waals surface area contributed by atoms with Crippen molar-refractivity contribution in [2.75, 3.05) is 0 Å². The molecular weight excluding hydrogens is 699 g/mol. The van der Waals surface area contributed by atoms with Gasteiger partial charge in [0.15, 0.2) is 0 Å². The van der Waals surface area contributed by atoms with Crippen molar-refractivity contribution in [1.29, 1.82) is 0 Å². The maximum Gasteiger partial charge on any atom is 0.0160 e. The van der Waals surface area contributed by atoms with Crippen LogP contribution < -0.4 is 0 Å². The van der Waals surface area contributed by atoms with Gasteiger partial charge in [0.2, 0.25) is 0 Å². The molecule has 0 amide bonds. The molecule has 1 heterocycles. The summed E-state index contributed by atoms with van der Waals surface area (Å²) in [5.41, 5.74) is 19.1. The quantitative estimate of drug-likeness (QED) is 0.155. The van der Waals surface area contributed by atoms with Gasteiger partial charge in [-0.05, 0) is 132 Å². The molecule has 0 saturated carbocycles. The van der Waals surface area contributed by atoms with Gasteiger partial charge >= 0.3 is 0 Å². The van der Waals surface area contributed by atoms with Crippen LogP contribution in [0.1, 0.15) is 38.9 Å². The summed E-state index contributed by atoms with van der Waals surface area (Å²) in [4.78, 5) is 4.51. The van der Waals surface area contributed by atoms with Crippen molar-refractivity contribution in [3.8, 4) is 44.6 Å². The average molecular weight is 735 g/mol. The maximum atomic E-state index is 4.51. The number of nitrogens with zero attached hydrogens (tertiary/aromatic N) is 1. The number of hydrogen-bond donors (Lipinski definition) is 0. The van der Waals surface area contributed by atoms with Crippen molar-refractivity contribution >= 4 is 0 Å². The number of aromatic nitrogens is 1. The minimum Gasteiger partial charge on any atom is -0.305 e. The van der Waals surface area contributed by atoms with Crippen molar-refractivity contribution in [1.82, 2.24) is 4.98 Å². The maximum absolute atomic E-state index is 4.51. The van der Waals surface area contributed by atoms with Crippen LogP contribution >= 0.6 is 0 Å². The van der Waals surface area contributed by atoms with E-state index in [2.05, 4.69) is 131 Å². The van der Waals surface area contributed by atoms with Gasteiger partial charge < -0.3 is 4.98 Å². The molecule has 215 valence electrons. The molecule has 2 heteroatoms. The number of pyridine rings is 1. The van der Waals surface area contributed by atoms with Crippen LogP contribution in [-0.2, 0) is 26.5 Å². The van der Waals surface area contributed by atoms with Crippen molar-refractivity contribution in [3.63, 3.8) is 0 Å². The molecule has 0 spiro atoms. The van der Waals surface area contributed by atoms with Gasteiger partial charge in [0.25, 0.3) is 0 Å². The Morgan fingerprint density at radius 3 is 1.58 bits per heavy atom. The van der Waals surface area contributed by atoms with Crippen molar-refractivity contribution in [2.45, 2.75) is 41.0 Å². The third-order valence-electron chi connectivity index (χ3n) is 8.93. The zero-order chi connectivity index (χ0) is 29.2. The monoisotopic (exact) mass is 735 g/mol. The van der Waals surface area contributed by atoms with E-state index in [1.165, 1.54) is 66.8 Å². The fourth-order valence-corrected chi connectivity index (χ4v) is 5.98. The standard InChI is InChI=1S/C41H36N.Ir/c1-27-28(2)30(4)40(31(5)29(27)3)23-32-12-8-13-33(22-32)34-14-9-15-35(24-34)36-16-10-17-37(25-36)38-18-11-19-39(26-38)41-20-6-7-21-42-41;/h6-18,20-22,24-26H,23H2,1-5H3;/q-1;. The van der Waals surface area contributed by atoms with E-state index in [1.807, 2.05) is 30.5 Å². The minimum atomic E-state index is 0. The van der Waals surface area contributed by atoms with Crippen molar-refractivity contribution < 1.29 is 20.1 Å². The predicted molar refractivity (Wildman–Crippen MR) is 178 cm³/mol. The first-order valence-electron chi connectivity index (χ1n) is 14.7. The number of benzene rings is 5. The van der Waals surface area contributed by atoms with Gasteiger partial charge in [-0.25, -0.2) is 0 Å². The largest absolute Gasteiger partial charge is 0.305 e. The molecule has 6 aromatic rings. The normalized spacial score (nSPS) is 10.8. The molecule has 0 saturated heterocycles. The second-order valence-electron chi connectivity index (χ2n) is 11.3. The molecule has 1 nitrogen and oxygen atoms in total. The Kier molecular flexibility index (Phi) is 9.21. The summed E-state index contributed by atoms with van der Waals surface area (Å²) in [6, 6.07) is 42.3. The van der Waals surface area contributed by atoms with Gasteiger partial charge in [-0.3, -0.25) is 0 Å². The molecule has 5 aromatic carbocycles. The van der Waals surface area contributed by atoms with Crippen LogP contribution in [0.3, 0.4) is 0 Å². The second kappa shape index (κ2) is 13.0. The van der Waals surface area contributed by atoms with Gasteiger partial charge in [-0.1, -0.05) is 72.8 Å². The van der Waals surface area contributed by atoms with Gasteiger partial charge in [-0.2, -0.15) is 0 Å². The predicted octanol–water partition coefficient (Wildman–Crippen LogP) is 10.7. The summed E-state index contributed by atoms with van der Waals surface area (Å²) in [6.07, 6.45) is 2.77. The Morgan fingerprint density at radius 2 is 1.02 bits per heavy atom. The number of hydrogen-bond acceptors (Lipinski definition) is 1. The molecule has 6 rings (SSSR count). The SMILES string of the molecule is Cc1c(C)c(C)c(Cc2cccc(-c3cccc(-c4cccc(-c5cc[c-]c(-c6ccccn6)c5)c4)c3)c2)c(C)c1C.[Ir]. The van der Waals surface area contributed by atoms with E-state index in [1.54, 1.807) is 0 Å². The molecule has 0 bridgehead atoms. The molecule has 0 atom stereocenters. The van der Waals surface area contributed by atoms with E-state index in [4.69, 9.17) is 0 Å². The summed E-state index contributed by atoms with van der Waals surface area (Å²) in [5.74, 6) is 0. The Morgan fingerprint density at radius 1 is 0.512 bits per heavy atom. The van der Waals surface area contributed by atoms with Crippen LogP contribution in [0.15, 0.2) is 115 Å². The van der Waals surface area contributed by atoms with Crippen LogP contribution in [0, 0.1) is 40.7 Å². The molecule has 0 N–H and O–H groups in total. The Hall–Kier alpha value is -4.10. The summed E-state index contributed by atoms with van der Waals surface area (Å²) < 4.78 is 0. The zero-order valence-electron chi connectivity index (χ0n) is 25.5. The zero-order valence-corrected chi connectivity index (χ0v) is 27.9. The minimum absolute atomic E-state index is 0. The molecule has 0 aliphatic rings. The molecule has 0 unspecified atom stereocenters. The first-order chi connectivity index (χ1) is 20.4. The second-order valence-corrected chi connectivity index (χ2v) is 11.3. The van der Waals surface area contributed by atoms with E-state index in [0.717, 1.165) is 23.2 Å². The third-order valence-corrected chi connectivity index (χ3v) is 8.93.